The van der Waals surface area contributed by atoms with Crippen LogP contribution in [0.4, 0.5) is 5.82 Å². The Kier molecular flexibility index (Phi) is 5.51. The van der Waals surface area contributed by atoms with Crippen molar-refractivity contribution in [1.82, 2.24) is 9.88 Å². The highest BCUT2D eigenvalue weighted by atomic mass is 32.2. The van der Waals surface area contributed by atoms with Gasteiger partial charge in [0.1, 0.15) is 5.82 Å². The van der Waals surface area contributed by atoms with E-state index < -0.39 is 9.84 Å². The van der Waals surface area contributed by atoms with Crippen LogP contribution in [-0.4, -0.2) is 48.8 Å². The van der Waals surface area contributed by atoms with Gasteiger partial charge < -0.3 is 10.2 Å². The number of hydrogen-bond acceptors (Lipinski definition) is 5. The number of sulfone groups is 1. The summed E-state index contributed by atoms with van der Waals surface area (Å²) in [4.78, 5) is 18.4. The molecule has 1 aromatic carbocycles. The van der Waals surface area contributed by atoms with Gasteiger partial charge in [-0.25, -0.2) is 13.4 Å². The summed E-state index contributed by atoms with van der Waals surface area (Å²) in [6, 6.07) is 10.0. The lowest BCUT2D eigenvalue weighted by atomic mass is 10.0. The highest BCUT2D eigenvalue weighted by Crippen LogP contribution is 2.21. The molecule has 2 heterocycles. The molecule has 27 heavy (non-hydrogen) atoms. The maximum Gasteiger partial charge on any atom is 0.255 e. The number of pyridine rings is 1. The maximum absolute atomic E-state index is 12.5. The molecule has 1 N–H and O–H groups in total. The van der Waals surface area contributed by atoms with E-state index in [0.29, 0.717) is 11.4 Å². The molecule has 2 aromatic rings. The van der Waals surface area contributed by atoms with Crippen LogP contribution in [0.5, 0.6) is 0 Å². The quantitative estimate of drug-likeness (QED) is 0.873. The monoisotopic (exact) mass is 387 g/mol. The number of aryl methyl sites for hydroxylation is 2. The molecule has 1 amide bonds. The van der Waals surface area contributed by atoms with Gasteiger partial charge in [0, 0.05) is 25.3 Å². The second-order valence-electron chi connectivity index (χ2n) is 7.16. The molecule has 0 aliphatic carbocycles. The molecule has 144 valence electrons. The zero-order valence-electron chi connectivity index (χ0n) is 15.9. The van der Waals surface area contributed by atoms with Crippen LogP contribution in [0.3, 0.4) is 0 Å². The van der Waals surface area contributed by atoms with Crippen LogP contribution < -0.4 is 5.32 Å². The van der Waals surface area contributed by atoms with Crippen molar-refractivity contribution in [3.63, 3.8) is 0 Å². The fourth-order valence-electron chi connectivity index (χ4n) is 3.27. The van der Waals surface area contributed by atoms with Gasteiger partial charge in [0.25, 0.3) is 5.91 Å². The highest BCUT2D eigenvalue weighted by molar-refractivity contribution is 7.91. The number of carbonyl (C=O) groups excluding carboxylic acids is 1. The summed E-state index contributed by atoms with van der Waals surface area (Å²) < 4.78 is 23.0. The lowest BCUT2D eigenvalue weighted by molar-refractivity contribution is 0.0770. The normalized spacial score (nSPS) is 17.4. The second kappa shape index (κ2) is 7.68. The van der Waals surface area contributed by atoms with Crippen LogP contribution in [0.25, 0.3) is 0 Å². The molecule has 1 atom stereocenters. The standard InChI is InChI=1S/C20H25N3O3S/c1-14-10-15(2)12-18(11-14)16(3)22-19-5-4-17(13-21-19)20(24)23-6-8-27(25,26)9-7-23/h4-5,10-13,16H,6-9H2,1-3H3,(H,21,22). The van der Waals surface area contributed by atoms with Crippen molar-refractivity contribution in [3.05, 3.63) is 58.8 Å². The van der Waals surface area contributed by atoms with Gasteiger partial charge in [-0.05, 0) is 38.5 Å². The zero-order chi connectivity index (χ0) is 19.6. The Labute approximate surface area is 160 Å². The van der Waals surface area contributed by atoms with Crippen LogP contribution in [0.2, 0.25) is 0 Å². The fourth-order valence-corrected chi connectivity index (χ4v) is 4.47. The van der Waals surface area contributed by atoms with E-state index in [2.05, 4.69) is 49.3 Å². The summed E-state index contributed by atoms with van der Waals surface area (Å²) in [6.45, 7) is 6.71. The van der Waals surface area contributed by atoms with E-state index in [-0.39, 0.29) is 36.5 Å². The lowest BCUT2D eigenvalue weighted by Crippen LogP contribution is -2.43. The Balaban J connectivity index is 1.65. The number of hydrogen-bond donors (Lipinski definition) is 1. The lowest BCUT2D eigenvalue weighted by Gasteiger charge is -2.26. The van der Waals surface area contributed by atoms with Crippen molar-refractivity contribution >= 4 is 21.6 Å². The van der Waals surface area contributed by atoms with E-state index in [4.69, 9.17) is 0 Å². The highest BCUT2D eigenvalue weighted by Gasteiger charge is 2.25. The molecule has 1 fully saturated rings. The summed E-state index contributed by atoms with van der Waals surface area (Å²) in [5, 5.41) is 3.35. The molecular weight excluding hydrogens is 362 g/mol. The van der Waals surface area contributed by atoms with Crippen LogP contribution in [0, 0.1) is 13.8 Å². The summed E-state index contributed by atoms with van der Waals surface area (Å²) in [7, 11) is -3.00. The number of aromatic nitrogens is 1. The first-order chi connectivity index (χ1) is 12.7. The van der Waals surface area contributed by atoms with E-state index in [9.17, 15) is 13.2 Å². The van der Waals surface area contributed by atoms with Crippen molar-refractivity contribution in [3.8, 4) is 0 Å². The number of nitrogens with zero attached hydrogens (tertiary/aromatic N) is 2. The molecule has 0 spiro atoms. The smallest absolute Gasteiger partial charge is 0.255 e. The molecule has 1 aliphatic rings. The van der Waals surface area contributed by atoms with Gasteiger partial charge in [0.15, 0.2) is 9.84 Å². The molecule has 6 nitrogen and oxygen atoms in total. The minimum absolute atomic E-state index is 0.0270. The number of benzene rings is 1. The first-order valence-electron chi connectivity index (χ1n) is 9.04. The largest absolute Gasteiger partial charge is 0.364 e. The summed E-state index contributed by atoms with van der Waals surface area (Å²) in [5.74, 6) is 0.573. The molecule has 1 unspecified atom stereocenters. The third-order valence-electron chi connectivity index (χ3n) is 4.75. The average Bonchev–Trinajstić information content (AvgIpc) is 2.61. The Bertz CT molecular complexity index is 905. The van der Waals surface area contributed by atoms with Gasteiger partial charge in [0.05, 0.1) is 17.1 Å². The average molecular weight is 388 g/mol. The third-order valence-corrected chi connectivity index (χ3v) is 6.36. The SMILES string of the molecule is Cc1cc(C)cc(C(C)Nc2ccc(C(=O)N3CCS(=O)(=O)CC3)cn2)c1. The molecular formula is C20H25N3O3S. The number of anilines is 1. The minimum atomic E-state index is -3.00. The molecule has 0 radical (unpaired) electrons. The van der Waals surface area contributed by atoms with Crippen LogP contribution in [0.1, 0.15) is 40.0 Å². The molecule has 3 rings (SSSR count). The number of nitrogens with one attached hydrogen (secondary N) is 1. The molecule has 1 aromatic heterocycles. The number of rotatable bonds is 4. The van der Waals surface area contributed by atoms with Gasteiger partial charge in [-0.15, -0.1) is 0 Å². The Morgan fingerprint density at radius 3 is 2.30 bits per heavy atom. The Morgan fingerprint density at radius 1 is 1.11 bits per heavy atom. The van der Waals surface area contributed by atoms with E-state index in [0.717, 1.165) is 0 Å². The van der Waals surface area contributed by atoms with Crippen LogP contribution in [-0.2, 0) is 9.84 Å². The molecule has 1 saturated heterocycles. The van der Waals surface area contributed by atoms with Crippen molar-refractivity contribution in [2.75, 3.05) is 29.9 Å². The summed E-state index contributed by atoms with van der Waals surface area (Å²) in [6.07, 6.45) is 1.54. The van der Waals surface area contributed by atoms with E-state index in [1.807, 2.05) is 0 Å². The predicted molar refractivity (Wildman–Crippen MR) is 107 cm³/mol. The van der Waals surface area contributed by atoms with E-state index in [1.165, 1.54) is 16.7 Å². The number of amides is 1. The topological polar surface area (TPSA) is 79.4 Å². The minimum Gasteiger partial charge on any atom is -0.364 e. The first kappa shape index (κ1) is 19.4. The van der Waals surface area contributed by atoms with Crippen molar-refractivity contribution < 1.29 is 13.2 Å². The van der Waals surface area contributed by atoms with Gasteiger partial charge in [-0.1, -0.05) is 29.3 Å². The third kappa shape index (κ3) is 4.86. The Morgan fingerprint density at radius 2 is 1.74 bits per heavy atom. The summed E-state index contributed by atoms with van der Waals surface area (Å²) in [5.41, 5.74) is 4.09. The van der Waals surface area contributed by atoms with Crippen LogP contribution >= 0.6 is 0 Å². The van der Waals surface area contributed by atoms with E-state index >= 15 is 0 Å². The Hall–Kier alpha value is -2.41. The van der Waals surface area contributed by atoms with Crippen molar-refractivity contribution in [2.45, 2.75) is 26.8 Å². The molecule has 0 saturated carbocycles. The van der Waals surface area contributed by atoms with E-state index in [1.54, 1.807) is 23.2 Å². The van der Waals surface area contributed by atoms with Gasteiger partial charge in [0.2, 0.25) is 0 Å². The molecule has 0 bridgehead atoms. The van der Waals surface area contributed by atoms with Crippen molar-refractivity contribution in [1.29, 1.82) is 0 Å². The zero-order valence-corrected chi connectivity index (χ0v) is 16.7. The van der Waals surface area contributed by atoms with Gasteiger partial charge in [-0.2, -0.15) is 0 Å². The van der Waals surface area contributed by atoms with Gasteiger partial charge in [-0.3, -0.25) is 4.79 Å². The van der Waals surface area contributed by atoms with Crippen molar-refractivity contribution in [2.24, 2.45) is 0 Å². The second-order valence-corrected chi connectivity index (χ2v) is 9.47. The maximum atomic E-state index is 12.5. The molecule has 1 aliphatic heterocycles. The number of carbonyl (C=O) groups is 1. The molecule has 7 heteroatoms. The fraction of sp³-hybridized carbons (Fsp3) is 0.400. The predicted octanol–water partition coefficient (Wildman–Crippen LogP) is 2.74. The first-order valence-corrected chi connectivity index (χ1v) is 10.9. The van der Waals surface area contributed by atoms with Crippen LogP contribution in [0.15, 0.2) is 36.5 Å². The van der Waals surface area contributed by atoms with Gasteiger partial charge >= 0.3 is 0 Å². The summed E-state index contributed by atoms with van der Waals surface area (Å²) >= 11 is 0.